The number of rotatable bonds is 4. The number of nitrogens with one attached hydrogen (secondary N) is 1. The van der Waals surface area contributed by atoms with Crippen molar-refractivity contribution < 1.29 is 9.13 Å². The summed E-state index contributed by atoms with van der Waals surface area (Å²) in [7, 11) is 3.64. The monoisotopic (exact) mass is 470 g/mol. The van der Waals surface area contributed by atoms with Gasteiger partial charge in [0.25, 0.3) is 0 Å². The number of hydrogen-bond acceptors (Lipinski definition) is 4. The Balaban J connectivity index is 1.79. The van der Waals surface area contributed by atoms with Crippen molar-refractivity contribution in [1.82, 2.24) is 14.9 Å². The Morgan fingerprint density at radius 2 is 2.00 bits per heavy atom. The Morgan fingerprint density at radius 3 is 2.78 bits per heavy atom. The van der Waals surface area contributed by atoms with Crippen molar-refractivity contribution in [3.05, 3.63) is 87.2 Å². The van der Waals surface area contributed by atoms with Crippen LogP contribution in [-0.4, -0.2) is 29.5 Å². The number of aromatic nitrogens is 1. The van der Waals surface area contributed by atoms with E-state index in [2.05, 4.69) is 21.1 Å². The van der Waals surface area contributed by atoms with Crippen molar-refractivity contribution in [2.45, 2.75) is 12.5 Å². The summed E-state index contributed by atoms with van der Waals surface area (Å²) in [5.74, 6) is 0.610. The molecule has 5 nitrogen and oxygen atoms in total. The summed E-state index contributed by atoms with van der Waals surface area (Å²) >= 11 is 12.6. The van der Waals surface area contributed by atoms with Crippen molar-refractivity contribution in [1.29, 1.82) is 0 Å². The standard InChI is InChI=1S/C24H21Cl2FN4O/c1-30-20-8-6-16(27)10-15(20)12-21(30)23-19(13-32-2)29-22-4-3-9-28-31(22)24(23)14-5-7-17(25)18(26)11-14/h4-12,24,29H,3,13H2,1-2H3/t24-/m1/s1. The molecule has 0 unspecified atom stereocenters. The van der Waals surface area contributed by atoms with Crippen molar-refractivity contribution in [2.24, 2.45) is 12.1 Å². The zero-order valence-electron chi connectivity index (χ0n) is 17.6. The second-order valence-corrected chi connectivity index (χ2v) is 8.60. The number of hydrogen-bond donors (Lipinski definition) is 1. The maximum Gasteiger partial charge on any atom is 0.124 e. The van der Waals surface area contributed by atoms with E-state index in [1.54, 1.807) is 25.3 Å². The van der Waals surface area contributed by atoms with Crippen LogP contribution in [0.4, 0.5) is 4.39 Å². The lowest BCUT2D eigenvalue weighted by molar-refractivity contribution is 0.208. The van der Waals surface area contributed by atoms with Gasteiger partial charge in [0.2, 0.25) is 0 Å². The van der Waals surface area contributed by atoms with Gasteiger partial charge in [-0.2, -0.15) is 5.10 Å². The van der Waals surface area contributed by atoms with Crippen LogP contribution in [-0.2, 0) is 11.8 Å². The zero-order chi connectivity index (χ0) is 22.4. The molecule has 0 saturated heterocycles. The minimum atomic E-state index is -0.285. The summed E-state index contributed by atoms with van der Waals surface area (Å²) in [6.07, 6.45) is 4.68. The number of nitrogens with zero attached hydrogens (tertiary/aromatic N) is 3. The van der Waals surface area contributed by atoms with Crippen LogP contribution in [0.15, 0.2) is 65.2 Å². The molecule has 164 valence electrons. The van der Waals surface area contributed by atoms with E-state index in [0.29, 0.717) is 16.7 Å². The summed E-state index contributed by atoms with van der Waals surface area (Å²) in [4.78, 5) is 0. The molecule has 0 aliphatic carbocycles. The third-order valence-corrected chi connectivity index (χ3v) is 6.56. The first-order valence-electron chi connectivity index (χ1n) is 10.2. The predicted octanol–water partition coefficient (Wildman–Crippen LogP) is 5.86. The molecule has 0 spiro atoms. The van der Waals surface area contributed by atoms with Gasteiger partial charge in [-0.1, -0.05) is 29.3 Å². The Kier molecular flexibility index (Phi) is 5.45. The van der Waals surface area contributed by atoms with E-state index in [1.165, 1.54) is 6.07 Å². The van der Waals surface area contributed by atoms with Gasteiger partial charge in [-0.25, -0.2) is 9.40 Å². The molecule has 0 bridgehead atoms. The summed E-state index contributed by atoms with van der Waals surface area (Å²) < 4.78 is 21.6. The lowest BCUT2D eigenvalue weighted by Gasteiger charge is -2.40. The number of hydrazone groups is 1. The molecule has 1 N–H and O–H groups in total. The largest absolute Gasteiger partial charge is 0.378 e. The van der Waals surface area contributed by atoms with E-state index in [0.717, 1.165) is 45.7 Å². The first-order valence-corrected chi connectivity index (χ1v) is 10.9. The van der Waals surface area contributed by atoms with Crippen molar-refractivity contribution >= 4 is 45.9 Å². The van der Waals surface area contributed by atoms with E-state index in [9.17, 15) is 4.39 Å². The molecule has 0 saturated carbocycles. The van der Waals surface area contributed by atoms with Gasteiger partial charge in [-0.15, -0.1) is 0 Å². The average molecular weight is 471 g/mol. The molecule has 2 aliphatic heterocycles. The van der Waals surface area contributed by atoms with Crippen LogP contribution >= 0.6 is 23.2 Å². The van der Waals surface area contributed by atoms with E-state index in [4.69, 9.17) is 27.9 Å². The van der Waals surface area contributed by atoms with Gasteiger partial charge in [0, 0.05) is 49.0 Å². The van der Waals surface area contributed by atoms with Crippen LogP contribution in [0.3, 0.4) is 0 Å². The smallest absolute Gasteiger partial charge is 0.124 e. The quantitative estimate of drug-likeness (QED) is 0.519. The van der Waals surface area contributed by atoms with Crippen LogP contribution < -0.4 is 5.32 Å². The fourth-order valence-corrected chi connectivity index (χ4v) is 4.71. The average Bonchev–Trinajstić information content (AvgIpc) is 3.10. The molecule has 1 atom stereocenters. The Labute approximate surface area is 195 Å². The number of aryl methyl sites for hydroxylation is 1. The first kappa shape index (κ1) is 21.1. The highest BCUT2D eigenvalue weighted by molar-refractivity contribution is 6.42. The number of methoxy groups -OCH3 is 1. The van der Waals surface area contributed by atoms with Gasteiger partial charge in [0.05, 0.1) is 22.3 Å². The molecule has 2 aliphatic rings. The minimum absolute atomic E-state index is 0.269. The summed E-state index contributed by atoms with van der Waals surface area (Å²) in [5.41, 5.74) is 4.68. The van der Waals surface area contributed by atoms with Crippen LogP contribution in [0.2, 0.25) is 10.0 Å². The molecule has 32 heavy (non-hydrogen) atoms. The minimum Gasteiger partial charge on any atom is -0.378 e. The second kappa shape index (κ2) is 8.28. The third-order valence-electron chi connectivity index (χ3n) is 5.82. The molecular formula is C24H21Cl2FN4O. The molecule has 0 radical (unpaired) electrons. The van der Waals surface area contributed by atoms with E-state index in [1.807, 2.05) is 36.5 Å². The van der Waals surface area contributed by atoms with Gasteiger partial charge in [-0.3, -0.25) is 0 Å². The zero-order valence-corrected chi connectivity index (χ0v) is 19.1. The highest BCUT2D eigenvalue weighted by Gasteiger charge is 2.36. The van der Waals surface area contributed by atoms with Crippen LogP contribution in [0.25, 0.3) is 16.5 Å². The van der Waals surface area contributed by atoms with E-state index in [-0.39, 0.29) is 11.9 Å². The van der Waals surface area contributed by atoms with Crippen LogP contribution in [0, 0.1) is 5.82 Å². The van der Waals surface area contributed by atoms with E-state index >= 15 is 0 Å². The molecular weight excluding hydrogens is 450 g/mol. The second-order valence-electron chi connectivity index (χ2n) is 7.79. The number of ether oxygens (including phenoxy) is 1. The molecule has 3 heterocycles. The van der Waals surface area contributed by atoms with Gasteiger partial charge < -0.3 is 14.6 Å². The first-order chi connectivity index (χ1) is 15.5. The SMILES string of the molecule is COCC1=C(c2cc3cc(F)ccc3n2C)[C@@H](c2ccc(Cl)c(Cl)c2)N2N=CCC=C2N1. The molecule has 0 fully saturated rings. The van der Waals surface area contributed by atoms with Gasteiger partial charge in [-0.05, 0) is 48.0 Å². The van der Waals surface area contributed by atoms with Gasteiger partial charge in [0.1, 0.15) is 17.7 Å². The van der Waals surface area contributed by atoms with Crippen LogP contribution in [0.1, 0.15) is 23.7 Å². The third kappa shape index (κ3) is 3.48. The van der Waals surface area contributed by atoms with Crippen molar-refractivity contribution in [2.75, 3.05) is 13.7 Å². The van der Waals surface area contributed by atoms with Crippen molar-refractivity contribution in [3.63, 3.8) is 0 Å². The van der Waals surface area contributed by atoms with Crippen LogP contribution in [0.5, 0.6) is 0 Å². The number of allylic oxidation sites excluding steroid dienone is 1. The van der Waals surface area contributed by atoms with Gasteiger partial charge in [0.15, 0.2) is 0 Å². The summed E-state index contributed by atoms with van der Waals surface area (Å²) in [6.45, 7) is 0.373. The number of halogens is 3. The molecule has 5 rings (SSSR count). The number of benzene rings is 2. The highest BCUT2D eigenvalue weighted by atomic mass is 35.5. The maximum absolute atomic E-state index is 13.9. The molecule has 3 aromatic rings. The lowest BCUT2D eigenvalue weighted by Crippen LogP contribution is -2.40. The predicted molar refractivity (Wildman–Crippen MR) is 127 cm³/mol. The normalized spacial score (nSPS) is 18.1. The molecule has 1 aromatic heterocycles. The molecule has 8 heteroatoms. The van der Waals surface area contributed by atoms with Crippen molar-refractivity contribution in [3.8, 4) is 0 Å². The topological polar surface area (TPSA) is 41.8 Å². The fraction of sp³-hybridized carbons (Fsp3) is 0.208. The Hall–Kier alpha value is -2.80. The summed E-state index contributed by atoms with van der Waals surface area (Å²) in [5, 5.41) is 11.9. The van der Waals surface area contributed by atoms with Gasteiger partial charge >= 0.3 is 0 Å². The highest BCUT2D eigenvalue weighted by Crippen LogP contribution is 2.45. The lowest BCUT2D eigenvalue weighted by atomic mass is 9.91. The fourth-order valence-electron chi connectivity index (χ4n) is 4.40. The summed E-state index contributed by atoms with van der Waals surface area (Å²) in [6, 6.07) is 12.1. The number of fused-ring (bicyclic) bond motifs is 2. The Morgan fingerprint density at radius 1 is 1.16 bits per heavy atom. The Bertz CT molecular complexity index is 1310. The molecule has 0 amide bonds. The molecule has 2 aromatic carbocycles. The maximum atomic E-state index is 13.9. The van der Waals surface area contributed by atoms with E-state index < -0.39 is 0 Å².